The highest BCUT2D eigenvalue weighted by Gasteiger charge is 2.09. The third-order valence-electron chi connectivity index (χ3n) is 2.64. The summed E-state index contributed by atoms with van der Waals surface area (Å²) >= 11 is 0. The van der Waals surface area contributed by atoms with Gasteiger partial charge in [0.2, 0.25) is 0 Å². The van der Waals surface area contributed by atoms with E-state index in [0.29, 0.717) is 6.54 Å². The summed E-state index contributed by atoms with van der Waals surface area (Å²) in [7, 11) is 1.92. The maximum Gasteiger partial charge on any atom is 0.117 e. The lowest BCUT2D eigenvalue weighted by atomic mass is 10.2. The number of nitrogens with two attached hydrogens (primary N) is 1. The highest BCUT2D eigenvalue weighted by Crippen LogP contribution is 2.27. The Hall–Kier alpha value is -2.07. The van der Waals surface area contributed by atoms with E-state index in [1.807, 2.05) is 30.1 Å². The van der Waals surface area contributed by atoms with Gasteiger partial charge < -0.3 is 15.7 Å². The molecule has 0 amide bonds. The van der Waals surface area contributed by atoms with Crippen molar-refractivity contribution in [3.63, 3.8) is 0 Å². The number of nitrogens with zero attached hydrogens (tertiary/aromatic N) is 2. The van der Waals surface area contributed by atoms with Gasteiger partial charge in [0, 0.05) is 31.5 Å². The number of hydrogen-bond donors (Lipinski definition) is 2. The van der Waals surface area contributed by atoms with Crippen LogP contribution in [0.5, 0.6) is 5.75 Å². The molecule has 1 aromatic carbocycles. The molecule has 0 aliphatic heterocycles. The van der Waals surface area contributed by atoms with Gasteiger partial charge in [-0.05, 0) is 24.3 Å². The lowest BCUT2D eigenvalue weighted by Gasteiger charge is -2.21. The van der Waals surface area contributed by atoms with Crippen LogP contribution in [0.15, 0.2) is 42.6 Å². The second-order valence-electron chi connectivity index (χ2n) is 3.75. The molecule has 88 valence electrons. The van der Waals surface area contributed by atoms with Crippen LogP contribution in [0, 0.1) is 0 Å². The molecule has 0 saturated heterocycles. The van der Waals surface area contributed by atoms with Crippen LogP contribution in [0.4, 0.5) is 11.4 Å². The summed E-state index contributed by atoms with van der Waals surface area (Å²) in [5.74, 6) is 0.243. The van der Waals surface area contributed by atoms with Crippen LogP contribution in [0.2, 0.25) is 0 Å². The Bertz CT molecular complexity index is 514. The fourth-order valence-corrected chi connectivity index (χ4v) is 1.73. The molecule has 1 aromatic heterocycles. The average molecular weight is 229 g/mol. The van der Waals surface area contributed by atoms with Gasteiger partial charge in [-0.2, -0.15) is 0 Å². The number of benzene rings is 1. The predicted octanol–water partition coefficient (Wildman–Crippen LogP) is 2.01. The third-order valence-corrected chi connectivity index (χ3v) is 2.64. The first-order valence-corrected chi connectivity index (χ1v) is 5.39. The second-order valence-corrected chi connectivity index (χ2v) is 3.75. The van der Waals surface area contributed by atoms with Crippen molar-refractivity contribution in [3.8, 4) is 5.75 Å². The molecule has 0 aliphatic rings. The zero-order chi connectivity index (χ0) is 12.3. The summed E-state index contributed by atoms with van der Waals surface area (Å²) in [6.07, 6.45) is 1.72. The smallest absolute Gasteiger partial charge is 0.117 e. The quantitative estimate of drug-likeness (QED) is 0.845. The first kappa shape index (κ1) is 11.4. The number of hydrogen-bond acceptors (Lipinski definition) is 4. The molecule has 0 aliphatic carbocycles. The molecule has 3 N–H and O–H groups in total. The SMILES string of the molecule is CN(c1cccc(O)c1)c1cccnc1CN. The fourth-order valence-electron chi connectivity index (χ4n) is 1.73. The molecular formula is C13H15N3O. The summed E-state index contributed by atoms with van der Waals surface area (Å²) in [4.78, 5) is 6.19. The maximum absolute atomic E-state index is 9.47. The second kappa shape index (κ2) is 4.84. The highest BCUT2D eigenvalue weighted by molar-refractivity contribution is 5.65. The van der Waals surface area contributed by atoms with Crippen molar-refractivity contribution < 1.29 is 5.11 Å². The van der Waals surface area contributed by atoms with E-state index in [1.54, 1.807) is 24.4 Å². The number of anilines is 2. The summed E-state index contributed by atoms with van der Waals surface area (Å²) < 4.78 is 0. The number of rotatable bonds is 3. The number of phenolic OH excluding ortho intramolecular Hbond substituents is 1. The van der Waals surface area contributed by atoms with Crippen molar-refractivity contribution in [3.05, 3.63) is 48.3 Å². The molecule has 0 bridgehead atoms. The average Bonchev–Trinajstić information content (AvgIpc) is 2.38. The first-order chi connectivity index (χ1) is 8.22. The van der Waals surface area contributed by atoms with E-state index in [0.717, 1.165) is 17.1 Å². The van der Waals surface area contributed by atoms with Gasteiger partial charge in [0.15, 0.2) is 0 Å². The molecule has 17 heavy (non-hydrogen) atoms. The molecule has 0 spiro atoms. The summed E-state index contributed by atoms with van der Waals surface area (Å²) in [5, 5.41) is 9.47. The van der Waals surface area contributed by atoms with Crippen molar-refractivity contribution in [2.24, 2.45) is 5.73 Å². The fraction of sp³-hybridized carbons (Fsp3) is 0.154. The number of aromatic hydroxyl groups is 1. The van der Waals surface area contributed by atoms with Gasteiger partial charge in [-0.1, -0.05) is 6.07 Å². The van der Waals surface area contributed by atoms with Crippen molar-refractivity contribution in [1.29, 1.82) is 0 Å². The molecule has 0 radical (unpaired) electrons. The normalized spacial score (nSPS) is 10.2. The summed E-state index contributed by atoms with van der Waals surface area (Å²) in [6, 6.07) is 10.9. The lowest BCUT2D eigenvalue weighted by Crippen LogP contribution is -2.14. The van der Waals surface area contributed by atoms with Crippen molar-refractivity contribution in [2.75, 3.05) is 11.9 Å². The van der Waals surface area contributed by atoms with Gasteiger partial charge in [0.1, 0.15) is 5.75 Å². The Labute approximate surface area is 100 Å². The Morgan fingerprint density at radius 3 is 2.82 bits per heavy atom. The van der Waals surface area contributed by atoms with Gasteiger partial charge in [-0.15, -0.1) is 0 Å². The minimum Gasteiger partial charge on any atom is -0.508 e. The molecular weight excluding hydrogens is 214 g/mol. The van der Waals surface area contributed by atoms with Crippen LogP contribution in [0.1, 0.15) is 5.69 Å². The zero-order valence-corrected chi connectivity index (χ0v) is 9.67. The van der Waals surface area contributed by atoms with Crippen molar-refractivity contribution in [1.82, 2.24) is 4.98 Å². The maximum atomic E-state index is 9.47. The number of phenols is 1. The van der Waals surface area contributed by atoms with Crippen LogP contribution in [-0.2, 0) is 6.54 Å². The molecule has 0 unspecified atom stereocenters. The summed E-state index contributed by atoms with van der Waals surface area (Å²) in [5.41, 5.74) is 8.33. The van der Waals surface area contributed by atoms with Crippen LogP contribution >= 0.6 is 0 Å². The lowest BCUT2D eigenvalue weighted by molar-refractivity contribution is 0.475. The summed E-state index contributed by atoms with van der Waals surface area (Å²) in [6.45, 7) is 0.388. The van der Waals surface area contributed by atoms with Crippen LogP contribution < -0.4 is 10.6 Å². The monoisotopic (exact) mass is 229 g/mol. The van der Waals surface area contributed by atoms with Crippen molar-refractivity contribution in [2.45, 2.75) is 6.54 Å². The molecule has 4 heteroatoms. The van der Waals surface area contributed by atoms with Crippen molar-refractivity contribution >= 4 is 11.4 Å². The van der Waals surface area contributed by atoms with E-state index in [-0.39, 0.29) is 5.75 Å². The molecule has 1 heterocycles. The Morgan fingerprint density at radius 1 is 1.29 bits per heavy atom. The minimum atomic E-state index is 0.243. The topological polar surface area (TPSA) is 62.4 Å². The number of pyridine rings is 1. The number of aromatic nitrogens is 1. The highest BCUT2D eigenvalue weighted by atomic mass is 16.3. The van der Waals surface area contributed by atoms with Gasteiger partial charge >= 0.3 is 0 Å². The van der Waals surface area contributed by atoms with E-state index in [1.165, 1.54) is 0 Å². The van der Waals surface area contributed by atoms with Gasteiger partial charge in [-0.25, -0.2) is 0 Å². The van der Waals surface area contributed by atoms with E-state index < -0.39 is 0 Å². The molecule has 0 saturated carbocycles. The van der Waals surface area contributed by atoms with E-state index >= 15 is 0 Å². The van der Waals surface area contributed by atoms with Crippen LogP contribution in [0.25, 0.3) is 0 Å². The predicted molar refractivity (Wildman–Crippen MR) is 68.3 cm³/mol. The Kier molecular flexibility index (Phi) is 3.25. The first-order valence-electron chi connectivity index (χ1n) is 5.39. The molecule has 4 nitrogen and oxygen atoms in total. The standard InChI is InChI=1S/C13H15N3O/c1-16(10-4-2-5-11(17)8-10)13-6-3-7-15-12(13)9-14/h2-8,17H,9,14H2,1H3. The van der Waals surface area contributed by atoms with Gasteiger partial charge in [0.05, 0.1) is 11.4 Å². The third kappa shape index (κ3) is 2.37. The van der Waals surface area contributed by atoms with Crippen LogP contribution in [0.3, 0.4) is 0 Å². The zero-order valence-electron chi connectivity index (χ0n) is 9.67. The molecule has 0 atom stereocenters. The Balaban J connectivity index is 2.40. The van der Waals surface area contributed by atoms with E-state index in [4.69, 9.17) is 5.73 Å². The molecule has 2 aromatic rings. The molecule has 2 rings (SSSR count). The minimum absolute atomic E-state index is 0.243. The Morgan fingerprint density at radius 2 is 2.12 bits per heavy atom. The largest absolute Gasteiger partial charge is 0.508 e. The van der Waals surface area contributed by atoms with Crippen LogP contribution in [-0.4, -0.2) is 17.1 Å². The van der Waals surface area contributed by atoms with Gasteiger partial charge in [0.25, 0.3) is 0 Å². The molecule has 0 fully saturated rings. The van der Waals surface area contributed by atoms with E-state index in [2.05, 4.69) is 4.98 Å². The van der Waals surface area contributed by atoms with Gasteiger partial charge in [-0.3, -0.25) is 4.98 Å². The van der Waals surface area contributed by atoms with E-state index in [9.17, 15) is 5.11 Å².